The molecule has 0 saturated carbocycles. The van der Waals surface area contributed by atoms with Gasteiger partial charge in [0.25, 0.3) is 5.91 Å². The summed E-state index contributed by atoms with van der Waals surface area (Å²) in [5, 5.41) is 0. The number of halogens is 1. The van der Waals surface area contributed by atoms with Crippen LogP contribution in [-0.2, 0) is 11.4 Å². The summed E-state index contributed by atoms with van der Waals surface area (Å²) in [5.41, 5.74) is 5.86. The molecule has 1 amide bonds. The highest BCUT2D eigenvalue weighted by Crippen LogP contribution is 2.39. The minimum atomic E-state index is 0.0411. The highest BCUT2D eigenvalue weighted by Gasteiger charge is 2.32. The molecular weight excluding hydrogens is 450 g/mol. The molecule has 1 heterocycles. The van der Waals surface area contributed by atoms with Crippen molar-refractivity contribution >= 4 is 39.2 Å². The van der Waals surface area contributed by atoms with Crippen LogP contribution in [0.5, 0.6) is 5.75 Å². The van der Waals surface area contributed by atoms with Gasteiger partial charge in [-0.05, 0) is 48.7 Å². The summed E-state index contributed by atoms with van der Waals surface area (Å²) < 4.78 is 7.10. The van der Waals surface area contributed by atoms with Gasteiger partial charge in [-0.25, -0.2) is 0 Å². The number of carbonyl (C=O) groups excluding carboxylic acids is 1. The number of para-hydroxylation sites is 1. The summed E-state index contributed by atoms with van der Waals surface area (Å²) in [6.07, 6.45) is 1.96. The molecule has 3 nitrogen and oxygen atoms in total. The molecule has 0 atom stereocenters. The van der Waals surface area contributed by atoms with Crippen molar-refractivity contribution in [1.82, 2.24) is 0 Å². The van der Waals surface area contributed by atoms with E-state index in [0.717, 1.165) is 32.6 Å². The average Bonchev–Trinajstić information content (AvgIpc) is 3.00. The van der Waals surface area contributed by atoms with E-state index in [1.165, 1.54) is 5.56 Å². The molecular formula is C27H26BrNO2. The molecule has 158 valence electrons. The summed E-state index contributed by atoms with van der Waals surface area (Å²) in [5.74, 6) is 1.18. The molecule has 0 aromatic heterocycles. The lowest BCUT2D eigenvalue weighted by molar-refractivity contribution is -0.113. The predicted molar refractivity (Wildman–Crippen MR) is 131 cm³/mol. The van der Waals surface area contributed by atoms with E-state index in [0.29, 0.717) is 24.6 Å². The first-order valence-corrected chi connectivity index (χ1v) is 11.3. The number of hydrogen-bond acceptors (Lipinski definition) is 2. The minimum absolute atomic E-state index is 0.0411. The third-order valence-corrected chi connectivity index (χ3v) is 5.79. The van der Waals surface area contributed by atoms with Crippen LogP contribution in [0.4, 0.5) is 5.69 Å². The van der Waals surface area contributed by atoms with E-state index in [1.807, 2.05) is 53.4 Å². The number of aryl methyl sites for hydroxylation is 1. The third kappa shape index (κ3) is 4.75. The van der Waals surface area contributed by atoms with E-state index in [4.69, 9.17) is 4.74 Å². The molecule has 0 bridgehead atoms. The first-order valence-electron chi connectivity index (χ1n) is 10.5. The summed E-state index contributed by atoms with van der Waals surface area (Å²) in [7, 11) is 0. The lowest BCUT2D eigenvalue weighted by atomic mass is 10.0. The monoisotopic (exact) mass is 475 g/mol. The Kier molecular flexibility index (Phi) is 6.28. The zero-order chi connectivity index (χ0) is 22.0. The van der Waals surface area contributed by atoms with E-state index < -0.39 is 0 Å². The van der Waals surface area contributed by atoms with Gasteiger partial charge in [-0.3, -0.25) is 4.79 Å². The Balaban J connectivity index is 1.68. The van der Waals surface area contributed by atoms with Crippen molar-refractivity contribution in [3.8, 4) is 5.75 Å². The zero-order valence-corrected chi connectivity index (χ0v) is 19.6. The zero-order valence-electron chi connectivity index (χ0n) is 18.1. The van der Waals surface area contributed by atoms with E-state index in [1.54, 1.807) is 0 Å². The van der Waals surface area contributed by atoms with E-state index in [-0.39, 0.29) is 5.91 Å². The number of ether oxygens (including phenoxy) is 1. The van der Waals surface area contributed by atoms with Gasteiger partial charge < -0.3 is 9.64 Å². The number of hydrogen-bond donors (Lipinski definition) is 0. The number of fused-ring (bicyclic) bond motifs is 1. The molecule has 0 N–H and O–H groups in total. The van der Waals surface area contributed by atoms with Crippen LogP contribution < -0.4 is 9.64 Å². The first-order chi connectivity index (χ1) is 14.9. The molecule has 0 spiro atoms. The summed E-state index contributed by atoms with van der Waals surface area (Å²) in [6.45, 7) is 7.50. The smallest absolute Gasteiger partial charge is 0.259 e. The lowest BCUT2D eigenvalue weighted by Crippen LogP contribution is -2.30. The lowest BCUT2D eigenvalue weighted by Gasteiger charge is -2.19. The SMILES string of the molecule is Cc1ccc(COc2ccc(Br)cc2/C=C2\C(=O)N(CC(C)C)c3ccccc32)cc1. The second kappa shape index (κ2) is 9.11. The van der Waals surface area contributed by atoms with E-state index in [2.05, 4.69) is 61.0 Å². The normalized spacial score (nSPS) is 14.4. The number of anilines is 1. The maximum atomic E-state index is 13.3. The van der Waals surface area contributed by atoms with Crippen molar-refractivity contribution in [2.24, 2.45) is 5.92 Å². The van der Waals surface area contributed by atoms with Crippen molar-refractivity contribution in [3.63, 3.8) is 0 Å². The fourth-order valence-electron chi connectivity index (χ4n) is 3.76. The number of carbonyl (C=O) groups is 1. The van der Waals surface area contributed by atoms with Crippen LogP contribution in [0.25, 0.3) is 11.6 Å². The summed E-state index contributed by atoms with van der Waals surface area (Å²) in [4.78, 5) is 15.2. The molecule has 0 aliphatic carbocycles. The summed E-state index contributed by atoms with van der Waals surface area (Å²) >= 11 is 3.56. The Hall–Kier alpha value is -2.85. The second-order valence-corrected chi connectivity index (χ2v) is 9.26. The molecule has 1 aliphatic rings. The number of amides is 1. The van der Waals surface area contributed by atoms with Crippen LogP contribution in [0, 0.1) is 12.8 Å². The third-order valence-electron chi connectivity index (χ3n) is 5.29. The molecule has 0 fully saturated rings. The van der Waals surface area contributed by atoms with Crippen molar-refractivity contribution in [3.05, 3.63) is 93.5 Å². The quantitative estimate of drug-likeness (QED) is 0.363. The molecule has 0 unspecified atom stereocenters. The minimum Gasteiger partial charge on any atom is -0.488 e. The Labute approximate surface area is 192 Å². The van der Waals surface area contributed by atoms with Gasteiger partial charge in [-0.1, -0.05) is 77.8 Å². The number of benzene rings is 3. The van der Waals surface area contributed by atoms with Crippen LogP contribution in [-0.4, -0.2) is 12.5 Å². The van der Waals surface area contributed by atoms with Gasteiger partial charge in [-0.15, -0.1) is 0 Å². The van der Waals surface area contributed by atoms with Crippen molar-refractivity contribution in [2.45, 2.75) is 27.4 Å². The van der Waals surface area contributed by atoms with Gasteiger partial charge in [0.05, 0.1) is 5.69 Å². The standard InChI is InChI=1S/C27H26BrNO2/c1-18(2)16-29-25-7-5-4-6-23(25)24(27(29)30)15-21-14-22(28)12-13-26(21)31-17-20-10-8-19(3)9-11-20/h4-15,18H,16-17H2,1-3H3/b24-15-. The largest absolute Gasteiger partial charge is 0.488 e. The van der Waals surface area contributed by atoms with E-state index in [9.17, 15) is 4.79 Å². The van der Waals surface area contributed by atoms with Crippen LogP contribution in [0.3, 0.4) is 0 Å². The number of nitrogens with zero attached hydrogens (tertiary/aromatic N) is 1. The molecule has 0 radical (unpaired) electrons. The summed E-state index contributed by atoms with van der Waals surface area (Å²) in [6, 6.07) is 22.2. The van der Waals surface area contributed by atoms with Crippen LogP contribution in [0.15, 0.2) is 71.2 Å². The highest BCUT2D eigenvalue weighted by atomic mass is 79.9. The Morgan fingerprint density at radius 1 is 1.03 bits per heavy atom. The molecule has 4 heteroatoms. The second-order valence-electron chi connectivity index (χ2n) is 8.34. The van der Waals surface area contributed by atoms with Crippen LogP contribution in [0.2, 0.25) is 0 Å². The topological polar surface area (TPSA) is 29.5 Å². The van der Waals surface area contributed by atoms with Crippen LogP contribution >= 0.6 is 15.9 Å². The molecule has 31 heavy (non-hydrogen) atoms. The van der Waals surface area contributed by atoms with Crippen molar-refractivity contribution in [2.75, 3.05) is 11.4 Å². The maximum absolute atomic E-state index is 13.3. The highest BCUT2D eigenvalue weighted by molar-refractivity contribution is 9.10. The fraction of sp³-hybridized carbons (Fsp3) is 0.222. The van der Waals surface area contributed by atoms with Gasteiger partial charge in [0.15, 0.2) is 0 Å². The fourth-order valence-corrected chi connectivity index (χ4v) is 4.14. The Bertz CT molecular complexity index is 1130. The molecule has 4 rings (SSSR count). The first kappa shape index (κ1) is 21.4. The van der Waals surface area contributed by atoms with Gasteiger partial charge in [0.1, 0.15) is 12.4 Å². The van der Waals surface area contributed by atoms with Gasteiger partial charge in [0.2, 0.25) is 0 Å². The predicted octanol–water partition coefficient (Wildman–Crippen LogP) is 6.88. The van der Waals surface area contributed by atoms with Crippen molar-refractivity contribution in [1.29, 1.82) is 0 Å². The van der Waals surface area contributed by atoms with Gasteiger partial charge in [-0.2, -0.15) is 0 Å². The van der Waals surface area contributed by atoms with E-state index >= 15 is 0 Å². The van der Waals surface area contributed by atoms with Gasteiger partial charge >= 0.3 is 0 Å². The van der Waals surface area contributed by atoms with Crippen molar-refractivity contribution < 1.29 is 9.53 Å². The average molecular weight is 476 g/mol. The molecule has 1 aliphatic heterocycles. The van der Waals surface area contributed by atoms with Crippen LogP contribution in [0.1, 0.15) is 36.1 Å². The van der Waals surface area contributed by atoms with Gasteiger partial charge in [0, 0.05) is 27.7 Å². The Morgan fingerprint density at radius 2 is 1.77 bits per heavy atom. The Morgan fingerprint density at radius 3 is 2.52 bits per heavy atom. The molecule has 3 aromatic carbocycles. The maximum Gasteiger partial charge on any atom is 0.259 e. The molecule has 0 saturated heterocycles. The number of rotatable bonds is 6. The molecule has 3 aromatic rings.